The number of nitrogens with one attached hydrogen (secondary N) is 1. The number of carbonyl (C=O) groups excluding carboxylic acids is 1. The van der Waals surface area contributed by atoms with Gasteiger partial charge in [0.05, 0.1) is 5.39 Å². The van der Waals surface area contributed by atoms with E-state index in [0.717, 1.165) is 3.57 Å². The fourth-order valence-corrected chi connectivity index (χ4v) is 2.42. The number of fused-ring (bicyclic) bond motifs is 1. The molecule has 0 aliphatic carbocycles. The molecule has 0 atom stereocenters. The SMILES string of the molecule is O=C(Nc1ccc(I)cc1)c1c(O)c2ccccc2oc1=O. The van der Waals surface area contributed by atoms with Crippen LogP contribution in [0.3, 0.4) is 0 Å². The van der Waals surface area contributed by atoms with Crippen LogP contribution in [0.25, 0.3) is 11.0 Å². The lowest BCUT2D eigenvalue weighted by molar-refractivity contribution is 0.102. The van der Waals surface area contributed by atoms with Gasteiger partial charge in [0.1, 0.15) is 11.3 Å². The Kier molecular flexibility index (Phi) is 3.84. The number of halogens is 1. The highest BCUT2D eigenvalue weighted by Gasteiger charge is 2.20. The van der Waals surface area contributed by atoms with Gasteiger partial charge >= 0.3 is 5.63 Å². The molecular weight excluding hydrogens is 397 g/mol. The highest BCUT2D eigenvalue weighted by molar-refractivity contribution is 14.1. The van der Waals surface area contributed by atoms with Gasteiger partial charge in [-0.3, -0.25) is 4.79 Å². The highest BCUT2D eigenvalue weighted by atomic mass is 127. The van der Waals surface area contributed by atoms with Gasteiger partial charge in [-0.25, -0.2) is 4.79 Å². The van der Waals surface area contributed by atoms with Crippen LogP contribution in [0.1, 0.15) is 10.4 Å². The molecule has 22 heavy (non-hydrogen) atoms. The maximum atomic E-state index is 12.3. The van der Waals surface area contributed by atoms with Crippen molar-refractivity contribution >= 4 is 45.2 Å². The second kappa shape index (κ2) is 5.80. The summed E-state index contributed by atoms with van der Waals surface area (Å²) in [5, 5.41) is 13.1. The lowest BCUT2D eigenvalue weighted by Gasteiger charge is -2.07. The Morgan fingerprint density at radius 2 is 1.77 bits per heavy atom. The van der Waals surface area contributed by atoms with E-state index in [9.17, 15) is 14.7 Å². The predicted molar refractivity (Wildman–Crippen MR) is 91.3 cm³/mol. The number of rotatable bonds is 2. The van der Waals surface area contributed by atoms with Gasteiger partial charge < -0.3 is 14.8 Å². The summed E-state index contributed by atoms with van der Waals surface area (Å²) >= 11 is 2.14. The largest absolute Gasteiger partial charge is 0.506 e. The van der Waals surface area contributed by atoms with E-state index in [1.165, 1.54) is 0 Å². The van der Waals surface area contributed by atoms with Gasteiger partial charge in [-0.15, -0.1) is 0 Å². The van der Waals surface area contributed by atoms with Crippen LogP contribution in [0.4, 0.5) is 5.69 Å². The number of amides is 1. The van der Waals surface area contributed by atoms with E-state index in [0.29, 0.717) is 11.1 Å². The van der Waals surface area contributed by atoms with Crippen LogP contribution in [0.2, 0.25) is 0 Å². The molecule has 2 aromatic carbocycles. The van der Waals surface area contributed by atoms with Gasteiger partial charge in [-0.2, -0.15) is 0 Å². The highest BCUT2D eigenvalue weighted by Crippen LogP contribution is 2.26. The Morgan fingerprint density at radius 3 is 2.50 bits per heavy atom. The molecule has 1 amide bonds. The van der Waals surface area contributed by atoms with Gasteiger partial charge in [0.15, 0.2) is 5.56 Å². The maximum absolute atomic E-state index is 12.3. The summed E-state index contributed by atoms with van der Waals surface area (Å²) in [5.41, 5.74) is -0.523. The minimum atomic E-state index is -0.876. The maximum Gasteiger partial charge on any atom is 0.353 e. The van der Waals surface area contributed by atoms with Crippen molar-refractivity contribution in [1.82, 2.24) is 0 Å². The number of para-hydroxylation sites is 1. The Labute approximate surface area is 138 Å². The van der Waals surface area contributed by atoms with E-state index in [1.807, 2.05) is 12.1 Å². The number of anilines is 1. The molecule has 0 saturated carbocycles. The van der Waals surface area contributed by atoms with Crippen molar-refractivity contribution in [1.29, 1.82) is 0 Å². The number of aromatic hydroxyl groups is 1. The van der Waals surface area contributed by atoms with Gasteiger partial charge in [0.25, 0.3) is 5.91 Å². The van der Waals surface area contributed by atoms with Crippen LogP contribution in [0.5, 0.6) is 5.75 Å². The van der Waals surface area contributed by atoms with Crippen molar-refractivity contribution in [3.63, 3.8) is 0 Å². The van der Waals surface area contributed by atoms with E-state index >= 15 is 0 Å². The zero-order valence-electron chi connectivity index (χ0n) is 11.2. The Balaban J connectivity index is 2.04. The molecule has 0 bridgehead atoms. The monoisotopic (exact) mass is 407 g/mol. The summed E-state index contributed by atoms with van der Waals surface area (Å²) < 4.78 is 6.09. The summed E-state index contributed by atoms with van der Waals surface area (Å²) in [7, 11) is 0. The topological polar surface area (TPSA) is 79.5 Å². The van der Waals surface area contributed by atoms with Gasteiger partial charge in [-0.05, 0) is 59.0 Å². The van der Waals surface area contributed by atoms with Crippen molar-refractivity contribution < 1.29 is 14.3 Å². The fraction of sp³-hybridized carbons (Fsp3) is 0. The van der Waals surface area contributed by atoms with Crippen LogP contribution < -0.4 is 10.9 Å². The first-order valence-corrected chi connectivity index (χ1v) is 7.46. The zero-order chi connectivity index (χ0) is 15.7. The average Bonchev–Trinajstić information content (AvgIpc) is 2.49. The van der Waals surface area contributed by atoms with E-state index in [2.05, 4.69) is 27.9 Å². The number of benzene rings is 2. The molecule has 0 aliphatic heterocycles. The normalized spacial score (nSPS) is 10.6. The van der Waals surface area contributed by atoms with E-state index < -0.39 is 17.1 Å². The van der Waals surface area contributed by atoms with Crippen LogP contribution >= 0.6 is 22.6 Å². The summed E-state index contributed by atoms with van der Waals surface area (Å²) in [6.45, 7) is 0. The van der Waals surface area contributed by atoms with E-state index in [-0.39, 0.29) is 11.3 Å². The quantitative estimate of drug-likeness (QED) is 0.505. The first kappa shape index (κ1) is 14.6. The molecule has 6 heteroatoms. The third kappa shape index (κ3) is 2.69. The second-order valence-corrected chi connectivity index (χ2v) is 5.82. The molecule has 3 aromatic rings. The smallest absolute Gasteiger partial charge is 0.353 e. The first-order valence-electron chi connectivity index (χ1n) is 6.38. The van der Waals surface area contributed by atoms with Crippen molar-refractivity contribution in [2.75, 3.05) is 5.32 Å². The summed E-state index contributed by atoms with van der Waals surface area (Å²) in [6, 6.07) is 13.5. The lowest BCUT2D eigenvalue weighted by Crippen LogP contribution is -2.21. The van der Waals surface area contributed by atoms with E-state index in [1.54, 1.807) is 36.4 Å². The lowest BCUT2D eigenvalue weighted by atomic mass is 10.1. The summed E-state index contributed by atoms with van der Waals surface area (Å²) in [5.74, 6) is -1.09. The van der Waals surface area contributed by atoms with Gasteiger partial charge in [-0.1, -0.05) is 12.1 Å². The summed E-state index contributed by atoms with van der Waals surface area (Å²) in [6.07, 6.45) is 0. The number of hydrogen-bond acceptors (Lipinski definition) is 4. The molecule has 0 fully saturated rings. The fourth-order valence-electron chi connectivity index (χ4n) is 2.06. The third-order valence-corrected chi connectivity index (χ3v) is 3.83. The average molecular weight is 407 g/mol. The minimum Gasteiger partial charge on any atom is -0.506 e. The molecule has 0 radical (unpaired) electrons. The number of carbonyl (C=O) groups is 1. The molecular formula is C16H10INO4. The number of hydrogen-bond donors (Lipinski definition) is 2. The van der Waals surface area contributed by atoms with E-state index in [4.69, 9.17) is 4.42 Å². The Bertz CT molecular complexity index is 916. The van der Waals surface area contributed by atoms with Gasteiger partial charge in [0, 0.05) is 9.26 Å². The molecule has 0 saturated heterocycles. The molecule has 0 spiro atoms. The molecule has 5 nitrogen and oxygen atoms in total. The zero-order valence-corrected chi connectivity index (χ0v) is 13.3. The molecule has 0 aliphatic rings. The third-order valence-electron chi connectivity index (χ3n) is 3.11. The molecule has 3 rings (SSSR count). The summed E-state index contributed by atoms with van der Waals surface area (Å²) in [4.78, 5) is 24.2. The Hall–Kier alpha value is -2.35. The molecule has 110 valence electrons. The van der Waals surface area contributed by atoms with Gasteiger partial charge in [0.2, 0.25) is 0 Å². The van der Waals surface area contributed by atoms with Crippen molar-refractivity contribution in [2.45, 2.75) is 0 Å². The molecule has 0 unspecified atom stereocenters. The predicted octanol–water partition coefficient (Wildman–Crippen LogP) is 3.36. The minimum absolute atomic E-state index is 0.232. The van der Waals surface area contributed by atoms with Crippen molar-refractivity contribution in [3.05, 3.63) is 68.1 Å². The Morgan fingerprint density at radius 1 is 1.09 bits per heavy atom. The van der Waals surface area contributed by atoms with Crippen molar-refractivity contribution in [3.8, 4) is 5.75 Å². The second-order valence-electron chi connectivity index (χ2n) is 4.57. The molecule has 1 aromatic heterocycles. The molecule has 1 heterocycles. The van der Waals surface area contributed by atoms with Crippen LogP contribution in [0.15, 0.2) is 57.7 Å². The van der Waals surface area contributed by atoms with Crippen molar-refractivity contribution in [2.24, 2.45) is 0 Å². The molecule has 2 N–H and O–H groups in total. The standard InChI is InChI=1S/C16H10INO4/c17-9-5-7-10(8-6-9)18-15(20)13-14(19)11-3-1-2-4-12(11)22-16(13)21/h1-8,19H,(H,18,20). The van der Waals surface area contributed by atoms with Crippen LogP contribution in [-0.2, 0) is 0 Å². The van der Waals surface area contributed by atoms with Crippen LogP contribution in [0, 0.1) is 3.57 Å². The van der Waals surface area contributed by atoms with Crippen LogP contribution in [-0.4, -0.2) is 11.0 Å². The first-order chi connectivity index (χ1) is 10.6.